The molecule has 2 N–H and O–H groups in total. The molecule has 0 saturated carbocycles. The van der Waals surface area contributed by atoms with Gasteiger partial charge in [-0.15, -0.1) is 0 Å². The largest absolute Gasteiger partial charge is 0.484 e. The molecular weight excluding hydrogens is 831 g/mol. The average molecular weight is 894 g/mol. The number of rotatable bonds is 20. The second-order valence-electron chi connectivity index (χ2n) is 17.9. The van der Waals surface area contributed by atoms with Gasteiger partial charge in [0.25, 0.3) is 5.01 Å². The van der Waals surface area contributed by atoms with E-state index in [4.69, 9.17) is 9.47 Å². The maximum absolute atomic E-state index is 12.6. The number of nitrogens with one attached hydrogen (secondary N) is 2. The van der Waals surface area contributed by atoms with Crippen molar-refractivity contribution in [3.05, 3.63) is 108 Å². The van der Waals surface area contributed by atoms with E-state index in [0.29, 0.717) is 39.1 Å². The van der Waals surface area contributed by atoms with E-state index in [1.54, 1.807) is 0 Å². The van der Waals surface area contributed by atoms with Crippen molar-refractivity contribution >= 4 is 83.4 Å². The van der Waals surface area contributed by atoms with Crippen LogP contribution in [0.1, 0.15) is 68.4 Å². The van der Waals surface area contributed by atoms with Crippen LogP contribution >= 0.6 is 11.3 Å². The highest BCUT2D eigenvalue weighted by Crippen LogP contribution is 2.50. The number of thiazole rings is 1. The zero-order chi connectivity index (χ0) is 44.9. The molecule has 0 fully saturated rings. The maximum Gasteiger partial charge on any atom is 0.270 e. The van der Waals surface area contributed by atoms with Crippen molar-refractivity contribution in [1.82, 2.24) is 10.6 Å². The van der Waals surface area contributed by atoms with Gasteiger partial charge in [-0.3, -0.25) is 9.59 Å². The zero-order valence-corrected chi connectivity index (χ0v) is 39.2. The summed E-state index contributed by atoms with van der Waals surface area (Å²) >= 11 is 1.87. The van der Waals surface area contributed by atoms with Crippen LogP contribution in [0.3, 0.4) is 0 Å². The summed E-state index contributed by atoms with van der Waals surface area (Å²) < 4.78 is 18.6. The third-order valence-electron chi connectivity index (χ3n) is 13.0. The number of allylic oxidation sites excluding steroid dienone is 2. The molecular formula is C53H63N7O4S+2. The highest BCUT2D eigenvalue weighted by molar-refractivity contribution is 7.19. The first-order valence-corrected chi connectivity index (χ1v) is 24.3. The Kier molecular flexibility index (Phi) is 13.6. The number of nitrogens with zero attached hydrogens (tertiary/aromatic N) is 5. The molecule has 2 aromatic heterocycles. The first-order valence-electron chi connectivity index (χ1n) is 23.5. The van der Waals surface area contributed by atoms with Crippen molar-refractivity contribution in [2.75, 3.05) is 75.7 Å². The third kappa shape index (κ3) is 9.70. The van der Waals surface area contributed by atoms with Crippen molar-refractivity contribution in [3.8, 4) is 5.75 Å². The summed E-state index contributed by atoms with van der Waals surface area (Å²) in [5.74, 6) is 1.08. The number of para-hydroxylation sites is 1. The van der Waals surface area contributed by atoms with Gasteiger partial charge in [0.1, 0.15) is 23.1 Å². The van der Waals surface area contributed by atoms with Crippen LogP contribution in [0.4, 0.5) is 17.1 Å². The third-order valence-corrected chi connectivity index (χ3v) is 14.2. The van der Waals surface area contributed by atoms with Gasteiger partial charge in [0, 0.05) is 131 Å². The molecule has 338 valence electrons. The number of benzene rings is 4. The minimum Gasteiger partial charge on any atom is -0.484 e. The number of pyridine rings is 1. The van der Waals surface area contributed by atoms with E-state index in [9.17, 15) is 9.59 Å². The van der Waals surface area contributed by atoms with Crippen LogP contribution in [0.25, 0.3) is 43.2 Å². The Morgan fingerprint density at radius 1 is 0.769 bits per heavy atom. The standard InChI is InChI=1S/C53H61N7O4S/c1-56(2)39-22-20-37-34-38-21-23-40(57(3)4)36-45(38)59(44(37)35-39)29-12-6-8-19-50(62)55-27-33-63-32-26-54-49(61)18-7-5-11-28-58-30-24-41-51-43(58)15-13-16-46(51)64-47-25-31-60-42-14-9-10-17-48(42)65-53(60)52(41)47/h9-10,13-17,20-24,30,34-36,47H,5-8,11-12,18-19,25-29,31-33H2,1-4H3/p+2. The van der Waals surface area contributed by atoms with Gasteiger partial charge < -0.3 is 34.8 Å². The van der Waals surface area contributed by atoms with Crippen molar-refractivity contribution < 1.29 is 28.2 Å². The first kappa shape index (κ1) is 44.2. The van der Waals surface area contributed by atoms with Crippen LogP contribution < -0.4 is 39.2 Å². The van der Waals surface area contributed by atoms with Crippen LogP contribution in [-0.4, -0.2) is 79.0 Å². The molecule has 5 heterocycles. The predicted molar refractivity (Wildman–Crippen MR) is 265 cm³/mol. The number of aromatic nitrogens is 2. The van der Waals surface area contributed by atoms with Crippen LogP contribution in [0, 0.1) is 0 Å². The van der Waals surface area contributed by atoms with Gasteiger partial charge in [0.05, 0.1) is 24.5 Å². The number of anilines is 3. The van der Waals surface area contributed by atoms with Crippen LogP contribution in [0.5, 0.6) is 5.75 Å². The van der Waals surface area contributed by atoms with Crippen molar-refractivity contribution in [3.63, 3.8) is 0 Å². The second kappa shape index (κ2) is 20.0. The van der Waals surface area contributed by atoms with E-state index in [0.717, 1.165) is 70.3 Å². The van der Waals surface area contributed by atoms with Gasteiger partial charge in [0.15, 0.2) is 6.54 Å². The molecule has 2 amide bonds. The molecule has 0 aliphatic carbocycles. The lowest BCUT2D eigenvalue weighted by Gasteiger charge is -2.36. The highest BCUT2D eigenvalue weighted by Gasteiger charge is 2.42. The Labute approximate surface area is 386 Å². The number of hydrogen-bond acceptors (Lipinski definition) is 8. The molecule has 0 spiro atoms. The lowest BCUT2D eigenvalue weighted by atomic mass is 9.87. The molecule has 0 radical (unpaired) electrons. The Morgan fingerprint density at radius 2 is 1.45 bits per heavy atom. The van der Waals surface area contributed by atoms with E-state index >= 15 is 0 Å². The van der Waals surface area contributed by atoms with Gasteiger partial charge in [0.2, 0.25) is 28.4 Å². The van der Waals surface area contributed by atoms with Crippen LogP contribution in [-0.2, 0) is 27.4 Å². The van der Waals surface area contributed by atoms with E-state index in [1.807, 2.05) is 11.3 Å². The summed E-state index contributed by atoms with van der Waals surface area (Å²) in [6, 6.07) is 30.7. The average Bonchev–Trinajstić information content (AvgIpc) is 3.69. The fourth-order valence-corrected chi connectivity index (χ4v) is 10.9. The van der Waals surface area contributed by atoms with E-state index in [-0.39, 0.29) is 17.9 Å². The van der Waals surface area contributed by atoms with Crippen molar-refractivity contribution in [2.45, 2.75) is 77.0 Å². The number of unbranched alkanes of at least 4 members (excludes halogenated alkanes) is 4. The number of fused-ring (bicyclic) bond motifs is 7. The molecule has 1 unspecified atom stereocenters. The highest BCUT2D eigenvalue weighted by atomic mass is 32.1. The lowest BCUT2D eigenvalue weighted by molar-refractivity contribution is -0.673. The van der Waals surface area contributed by atoms with Crippen molar-refractivity contribution in [2.24, 2.45) is 0 Å². The first-order chi connectivity index (χ1) is 31.7. The Morgan fingerprint density at radius 3 is 2.14 bits per heavy atom. The molecule has 9 rings (SSSR count). The SMILES string of the molecule is CN(C)c1ccc2cc3ccc(N(C)C)cc3[n+](CCCCCC(=O)NCCOCCNC(=O)CCCCCN3C=CC4=C5c6sc7ccccc7[n+]6CCC5Oc5cccc3c54)c2c1. The van der Waals surface area contributed by atoms with Gasteiger partial charge in [-0.1, -0.05) is 36.0 Å². The summed E-state index contributed by atoms with van der Waals surface area (Å²) in [5, 5.41) is 9.74. The molecule has 6 aromatic rings. The molecule has 12 heteroatoms. The normalized spacial score (nSPS) is 14.9. The molecule has 4 aromatic carbocycles. The van der Waals surface area contributed by atoms with E-state index in [2.05, 4.69) is 160 Å². The van der Waals surface area contributed by atoms with E-state index in [1.165, 1.54) is 70.8 Å². The quantitative estimate of drug-likeness (QED) is 0.0452. The molecule has 65 heavy (non-hydrogen) atoms. The molecule has 1 atom stereocenters. The predicted octanol–water partition coefficient (Wildman–Crippen LogP) is 8.39. The summed E-state index contributed by atoms with van der Waals surface area (Å²) in [6.45, 7) is 4.49. The minimum absolute atomic E-state index is 0.0505. The smallest absolute Gasteiger partial charge is 0.270 e. The van der Waals surface area contributed by atoms with Gasteiger partial charge in [-0.05, 0) is 80.3 Å². The second-order valence-corrected chi connectivity index (χ2v) is 18.9. The lowest BCUT2D eigenvalue weighted by Crippen LogP contribution is -2.45. The van der Waals surface area contributed by atoms with Crippen LogP contribution in [0.2, 0.25) is 0 Å². The fraction of sp³-hybridized carbons (Fsp3) is 0.396. The van der Waals surface area contributed by atoms with Gasteiger partial charge in [-0.25, -0.2) is 0 Å². The summed E-state index contributed by atoms with van der Waals surface area (Å²) in [4.78, 5) is 31.8. The Bertz CT molecular complexity index is 2710. The number of carbonyl (C=O) groups is 2. The molecule has 0 saturated heterocycles. The topological polar surface area (TPSA) is 94.1 Å². The number of amides is 2. The van der Waals surface area contributed by atoms with Gasteiger partial charge in [-0.2, -0.15) is 9.13 Å². The number of ether oxygens (including phenoxy) is 2. The monoisotopic (exact) mass is 893 g/mol. The van der Waals surface area contributed by atoms with E-state index < -0.39 is 0 Å². The summed E-state index contributed by atoms with van der Waals surface area (Å²) in [6.07, 6.45) is 12.1. The fourth-order valence-electron chi connectivity index (χ4n) is 9.57. The Balaban J connectivity index is 0.647. The number of hydrogen-bond donors (Lipinski definition) is 2. The maximum atomic E-state index is 12.6. The molecule has 11 nitrogen and oxygen atoms in total. The zero-order valence-electron chi connectivity index (χ0n) is 38.4. The summed E-state index contributed by atoms with van der Waals surface area (Å²) in [5.41, 5.74) is 11.1. The van der Waals surface area contributed by atoms with Gasteiger partial charge >= 0.3 is 0 Å². The molecule has 3 aliphatic rings. The number of carbonyl (C=O) groups excluding carboxylic acids is 2. The van der Waals surface area contributed by atoms with Crippen LogP contribution in [0.15, 0.2) is 97.2 Å². The van der Waals surface area contributed by atoms with Crippen molar-refractivity contribution in [1.29, 1.82) is 0 Å². The minimum atomic E-state index is 0.0505. The molecule has 3 aliphatic heterocycles. The Hall–Kier alpha value is -5.98. The number of aryl methyl sites for hydroxylation is 2. The summed E-state index contributed by atoms with van der Waals surface area (Å²) in [7, 11) is 8.31. The molecule has 0 bridgehead atoms.